The van der Waals surface area contributed by atoms with E-state index in [1.807, 2.05) is 6.08 Å². The Morgan fingerprint density at radius 1 is 1.17 bits per heavy atom. The number of rotatable bonds is 11. The van der Waals surface area contributed by atoms with Crippen molar-refractivity contribution in [2.75, 3.05) is 39.8 Å². The van der Waals surface area contributed by atoms with Crippen LogP contribution in [0.3, 0.4) is 0 Å². The Kier molecular flexibility index (Phi) is 9.58. The minimum Gasteiger partial charge on any atom is -0.468 e. The van der Waals surface area contributed by atoms with Crippen molar-refractivity contribution in [2.24, 2.45) is 11.7 Å². The smallest absolute Gasteiger partial charge is 0.254 e. The van der Waals surface area contributed by atoms with Gasteiger partial charge in [-0.2, -0.15) is 0 Å². The summed E-state index contributed by atoms with van der Waals surface area (Å²) in [6, 6.07) is -2.30. The maximum absolute atomic E-state index is 12.9. The van der Waals surface area contributed by atoms with Gasteiger partial charge in [-0.05, 0) is 58.2 Å². The van der Waals surface area contributed by atoms with Gasteiger partial charge >= 0.3 is 0 Å². The van der Waals surface area contributed by atoms with E-state index in [-0.39, 0.29) is 26.1 Å². The number of hydrogen-bond acceptors (Lipinski definition) is 13. The lowest BCUT2D eigenvalue weighted by Gasteiger charge is -2.49. The van der Waals surface area contributed by atoms with Gasteiger partial charge in [0.15, 0.2) is 18.2 Å². The number of nitrogens with one attached hydrogen (secondary N) is 4. The summed E-state index contributed by atoms with van der Waals surface area (Å²) in [5.74, 6) is 0.915. The third-order valence-electron chi connectivity index (χ3n) is 8.82. The highest BCUT2D eigenvalue weighted by Crippen LogP contribution is 2.32. The molecular formula is C27H47N5O9. The molecule has 0 bridgehead atoms. The van der Waals surface area contributed by atoms with E-state index in [4.69, 9.17) is 24.7 Å². The molecule has 10 N–H and O–H groups in total. The topological polar surface area (TPSA) is 209 Å². The molecule has 0 aromatic rings. The molecule has 2 aliphatic carbocycles. The molecule has 10 atom stereocenters. The fraction of sp³-hybridized carbons (Fsp3) is 0.889. The highest BCUT2D eigenvalue weighted by Gasteiger charge is 2.52. The molecule has 1 amide bonds. The van der Waals surface area contributed by atoms with Gasteiger partial charge in [0.2, 0.25) is 0 Å². The van der Waals surface area contributed by atoms with Crippen molar-refractivity contribution in [3.63, 3.8) is 0 Å². The molecule has 3 heterocycles. The Bertz CT molecular complexity index is 946. The number of likely N-dealkylation sites (N-methyl/N-ethyl adjacent to an activating group) is 1. The molecule has 0 spiro atoms. The van der Waals surface area contributed by atoms with Crippen molar-refractivity contribution in [1.82, 2.24) is 21.3 Å². The Labute approximate surface area is 240 Å². The largest absolute Gasteiger partial charge is 0.468 e. The zero-order valence-electron chi connectivity index (χ0n) is 23.8. The average molecular weight is 586 g/mol. The first-order valence-electron chi connectivity index (χ1n) is 14.7. The number of amides is 1. The number of nitrogens with two attached hydrogens (primary N) is 1. The molecule has 5 rings (SSSR count). The molecule has 14 nitrogen and oxygen atoms in total. The number of carbonyl (C=O) groups excluding carboxylic acids is 1. The van der Waals surface area contributed by atoms with Gasteiger partial charge in [0.25, 0.3) is 5.91 Å². The Hall–Kier alpha value is -1.43. The first-order chi connectivity index (χ1) is 19.5. The van der Waals surface area contributed by atoms with Gasteiger partial charge in [-0.3, -0.25) is 4.79 Å². The quantitative estimate of drug-likeness (QED) is 0.117. The van der Waals surface area contributed by atoms with Crippen LogP contribution in [-0.2, 0) is 23.7 Å². The van der Waals surface area contributed by atoms with Crippen LogP contribution in [0.4, 0.5) is 0 Å². The number of ether oxygens (including phenoxy) is 4. The van der Waals surface area contributed by atoms with E-state index in [0.29, 0.717) is 13.0 Å². The summed E-state index contributed by atoms with van der Waals surface area (Å²) >= 11 is 0. The minimum atomic E-state index is -1.57. The third kappa shape index (κ3) is 7.04. The molecule has 0 radical (unpaired) electrons. The molecule has 3 aliphatic heterocycles. The summed E-state index contributed by atoms with van der Waals surface area (Å²) in [6.07, 6.45) is -0.462. The van der Waals surface area contributed by atoms with Gasteiger partial charge in [-0.25, -0.2) is 0 Å². The molecule has 4 fully saturated rings. The number of carbonyl (C=O) groups is 1. The maximum Gasteiger partial charge on any atom is 0.254 e. The van der Waals surface area contributed by atoms with Gasteiger partial charge in [0.05, 0.1) is 25.2 Å². The van der Waals surface area contributed by atoms with Gasteiger partial charge < -0.3 is 66.4 Å². The minimum absolute atomic E-state index is 0.102. The van der Waals surface area contributed by atoms with E-state index >= 15 is 0 Å². The summed E-state index contributed by atoms with van der Waals surface area (Å²) in [5.41, 5.74) is 3.56. The first-order valence-corrected chi connectivity index (χ1v) is 14.7. The first kappa shape index (κ1) is 31.0. The van der Waals surface area contributed by atoms with Crippen molar-refractivity contribution < 1.29 is 44.2 Å². The standard InChI is InChI=1S/C27H47N5O9/c1-26(36)13-38-24(20(34)23(26)29-2)41-22-17(32-25(35)27(37)11-31-12-27)8-16(28)21(19(22)33)40-18-5-3-4-15(39-18)10-30-9-14-6-7-14/h4,14,16-24,29-31,33-34,36-37H,3,5-13,28H2,1-2H3,(H,32,35)/t16-,17+,18+,19-,20+,21+,22-,23+,24+,26-/m0/s1. The summed E-state index contributed by atoms with van der Waals surface area (Å²) in [7, 11) is 1.60. The van der Waals surface area contributed by atoms with Crippen LogP contribution in [0.25, 0.3) is 0 Å². The monoisotopic (exact) mass is 585 g/mol. The van der Waals surface area contributed by atoms with E-state index in [1.54, 1.807) is 7.05 Å². The van der Waals surface area contributed by atoms with Gasteiger partial charge in [0.1, 0.15) is 35.8 Å². The third-order valence-corrected chi connectivity index (χ3v) is 8.82. The zero-order valence-corrected chi connectivity index (χ0v) is 23.8. The zero-order chi connectivity index (χ0) is 29.4. The Morgan fingerprint density at radius 3 is 2.59 bits per heavy atom. The van der Waals surface area contributed by atoms with E-state index < -0.39 is 72.2 Å². The number of allylic oxidation sites excluding steroid dienone is 1. The summed E-state index contributed by atoms with van der Waals surface area (Å²) < 4.78 is 24.1. The molecule has 5 aliphatic rings. The maximum atomic E-state index is 12.9. The van der Waals surface area contributed by atoms with Gasteiger partial charge in [0, 0.05) is 25.6 Å². The van der Waals surface area contributed by atoms with Crippen LogP contribution in [0, 0.1) is 5.92 Å². The van der Waals surface area contributed by atoms with Crippen LogP contribution in [0.15, 0.2) is 11.8 Å². The number of hydrogen-bond donors (Lipinski definition) is 9. The van der Waals surface area contributed by atoms with Crippen molar-refractivity contribution in [1.29, 1.82) is 0 Å². The van der Waals surface area contributed by atoms with Crippen molar-refractivity contribution in [2.45, 2.75) is 105 Å². The molecule has 234 valence electrons. The molecular weight excluding hydrogens is 538 g/mol. The van der Waals surface area contributed by atoms with Gasteiger partial charge in [-0.15, -0.1) is 0 Å². The Morgan fingerprint density at radius 2 is 1.93 bits per heavy atom. The molecule has 2 saturated heterocycles. The highest BCUT2D eigenvalue weighted by molar-refractivity contribution is 5.87. The fourth-order valence-electron chi connectivity index (χ4n) is 6.05. The molecule has 0 aromatic heterocycles. The highest BCUT2D eigenvalue weighted by atomic mass is 16.7. The molecule has 14 heteroatoms. The lowest BCUT2D eigenvalue weighted by Crippen LogP contribution is -2.72. The second-order valence-corrected chi connectivity index (χ2v) is 12.5. The van der Waals surface area contributed by atoms with Crippen LogP contribution in [0.2, 0.25) is 0 Å². The van der Waals surface area contributed by atoms with Crippen molar-refractivity contribution in [3.05, 3.63) is 11.8 Å². The summed E-state index contributed by atoms with van der Waals surface area (Å²) in [6.45, 7) is 3.16. The van der Waals surface area contributed by atoms with Crippen LogP contribution in [0.5, 0.6) is 0 Å². The SMILES string of the molecule is CN[C@@H]1[C@@H](O)[C@@H](O[C@@H]2[C@@H](O)[C@H](O[C@@H]3CCC=C(CNCC4CC4)O3)[C@@H](N)C[C@H]2NC(=O)C2(O)CNC2)OC[C@]1(C)O. The van der Waals surface area contributed by atoms with Crippen LogP contribution < -0.4 is 27.0 Å². The number of aliphatic hydroxyl groups is 4. The molecule has 0 aromatic carbocycles. The van der Waals surface area contributed by atoms with E-state index in [1.165, 1.54) is 19.8 Å². The van der Waals surface area contributed by atoms with E-state index in [0.717, 1.165) is 24.6 Å². The Balaban J connectivity index is 1.27. The van der Waals surface area contributed by atoms with Crippen LogP contribution in [0.1, 0.15) is 39.0 Å². The average Bonchev–Trinajstić information content (AvgIpc) is 3.73. The predicted molar refractivity (Wildman–Crippen MR) is 145 cm³/mol. The van der Waals surface area contributed by atoms with Crippen molar-refractivity contribution >= 4 is 5.91 Å². The number of β-amino-alcohol motifs (C(OH)–C–C–N with tert-alkyl or cyclic N) is 1. The summed E-state index contributed by atoms with van der Waals surface area (Å²) in [4.78, 5) is 12.9. The predicted octanol–water partition coefficient (Wildman–Crippen LogP) is -3.26. The van der Waals surface area contributed by atoms with E-state index in [2.05, 4.69) is 21.3 Å². The molecule has 2 saturated carbocycles. The molecule has 41 heavy (non-hydrogen) atoms. The van der Waals surface area contributed by atoms with Crippen LogP contribution >= 0.6 is 0 Å². The van der Waals surface area contributed by atoms with Crippen molar-refractivity contribution in [3.8, 4) is 0 Å². The molecule has 0 unspecified atom stereocenters. The van der Waals surface area contributed by atoms with Gasteiger partial charge in [-0.1, -0.05) is 0 Å². The van der Waals surface area contributed by atoms with E-state index in [9.17, 15) is 25.2 Å². The lowest BCUT2D eigenvalue weighted by atomic mass is 9.82. The van der Waals surface area contributed by atoms with Crippen LogP contribution in [-0.4, -0.2) is 132 Å². The fourth-order valence-corrected chi connectivity index (χ4v) is 6.05. The lowest BCUT2D eigenvalue weighted by molar-refractivity contribution is -0.303. The summed E-state index contributed by atoms with van der Waals surface area (Å²) in [5, 5.41) is 55.7. The second-order valence-electron chi connectivity index (χ2n) is 12.5. The number of aliphatic hydroxyl groups excluding tert-OH is 2. The second kappa shape index (κ2) is 12.7. The normalized spacial score (nSPS) is 42.5.